The minimum Gasteiger partial charge on any atom is -0.384 e. The predicted molar refractivity (Wildman–Crippen MR) is 41.6 cm³/mol. The lowest BCUT2D eigenvalue weighted by Crippen LogP contribution is -2.21. The van der Waals surface area contributed by atoms with Gasteiger partial charge in [0.1, 0.15) is 0 Å². The van der Waals surface area contributed by atoms with Crippen LogP contribution < -0.4 is 0 Å². The van der Waals surface area contributed by atoms with Gasteiger partial charge in [-0.2, -0.15) is 0 Å². The number of hydrogen-bond acceptors (Lipinski definition) is 3. The van der Waals surface area contributed by atoms with Crippen LogP contribution in [0.25, 0.3) is 0 Å². The summed E-state index contributed by atoms with van der Waals surface area (Å²) >= 11 is 0. The third-order valence-electron chi connectivity index (χ3n) is 2.09. The Bertz CT molecular complexity index is 93.5. The van der Waals surface area contributed by atoms with Crippen LogP contribution in [0.2, 0.25) is 0 Å². The van der Waals surface area contributed by atoms with Crippen LogP contribution in [0.1, 0.15) is 0 Å². The molecule has 0 bridgehead atoms. The van der Waals surface area contributed by atoms with Gasteiger partial charge in [-0.25, -0.2) is 0 Å². The van der Waals surface area contributed by atoms with E-state index in [2.05, 4.69) is 0 Å². The van der Waals surface area contributed by atoms with E-state index in [4.69, 9.17) is 14.2 Å². The molecular formula is C8H16O3. The molecule has 1 saturated heterocycles. The van der Waals surface area contributed by atoms with Gasteiger partial charge < -0.3 is 14.2 Å². The SMILES string of the molecule is COC[C@H]1COC[C@@H]1COC. The highest BCUT2D eigenvalue weighted by molar-refractivity contribution is 4.74. The van der Waals surface area contributed by atoms with Crippen LogP contribution in [0.4, 0.5) is 0 Å². The van der Waals surface area contributed by atoms with Crippen molar-refractivity contribution in [2.75, 3.05) is 40.6 Å². The summed E-state index contributed by atoms with van der Waals surface area (Å²) in [6, 6.07) is 0. The Morgan fingerprint density at radius 3 is 1.91 bits per heavy atom. The summed E-state index contributed by atoms with van der Waals surface area (Å²) in [6.07, 6.45) is 0. The molecular weight excluding hydrogens is 144 g/mol. The van der Waals surface area contributed by atoms with Crippen LogP contribution in [-0.4, -0.2) is 40.6 Å². The first-order valence-corrected chi connectivity index (χ1v) is 3.94. The molecule has 0 radical (unpaired) electrons. The van der Waals surface area contributed by atoms with Gasteiger partial charge in [-0.15, -0.1) is 0 Å². The average Bonchev–Trinajstić information content (AvgIpc) is 2.39. The van der Waals surface area contributed by atoms with Crippen molar-refractivity contribution in [3.05, 3.63) is 0 Å². The second kappa shape index (κ2) is 4.70. The minimum atomic E-state index is 0.528. The second-order valence-electron chi connectivity index (χ2n) is 2.97. The van der Waals surface area contributed by atoms with Crippen LogP contribution >= 0.6 is 0 Å². The second-order valence-corrected chi connectivity index (χ2v) is 2.97. The van der Waals surface area contributed by atoms with Gasteiger partial charge >= 0.3 is 0 Å². The number of ether oxygens (including phenoxy) is 3. The molecule has 0 N–H and O–H groups in total. The van der Waals surface area contributed by atoms with Crippen molar-refractivity contribution in [2.24, 2.45) is 11.8 Å². The molecule has 0 spiro atoms. The molecule has 0 unspecified atom stereocenters. The summed E-state index contributed by atoms with van der Waals surface area (Å²) in [7, 11) is 3.45. The molecule has 0 amide bonds. The molecule has 0 saturated carbocycles. The van der Waals surface area contributed by atoms with Gasteiger partial charge in [-0.05, 0) is 0 Å². The fraction of sp³-hybridized carbons (Fsp3) is 1.00. The number of methoxy groups -OCH3 is 2. The van der Waals surface area contributed by atoms with Gasteiger partial charge in [-0.1, -0.05) is 0 Å². The fourth-order valence-electron chi connectivity index (χ4n) is 1.44. The third-order valence-corrected chi connectivity index (χ3v) is 2.09. The van der Waals surface area contributed by atoms with Crippen LogP contribution in [-0.2, 0) is 14.2 Å². The van der Waals surface area contributed by atoms with Crippen molar-refractivity contribution in [1.82, 2.24) is 0 Å². The molecule has 1 rings (SSSR count). The Morgan fingerprint density at radius 2 is 1.55 bits per heavy atom. The lowest BCUT2D eigenvalue weighted by molar-refractivity contribution is 0.0937. The Kier molecular flexibility index (Phi) is 3.83. The maximum Gasteiger partial charge on any atom is 0.0520 e. The predicted octanol–water partition coefficient (Wildman–Crippen LogP) is 0.542. The van der Waals surface area contributed by atoms with Crippen LogP contribution in [0.5, 0.6) is 0 Å². The first-order valence-electron chi connectivity index (χ1n) is 3.94. The lowest BCUT2D eigenvalue weighted by atomic mass is 9.98. The van der Waals surface area contributed by atoms with E-state index in [0.29, 0.717) is 11.8 Å². The summed E-state index contributed by atoms with van der Waals surface area (Å²) in [6.45, 7) is 3.21. The zero-order valence-corrected chi connectivity index (χ0v) is 7.21. The van der Waals surface area contributed by atoms with Gasteiger partial charge in [0, 0.05) is 26.1 Å². The first-order chi connectivity index (χ1) is 5.38. The van der Waals surface area contributed by atoms with E-state index < -0.39 is 0 Å². The summed E-state index contributed by atoms with van der Waals surface area (Å²) < 4.78 is 15.4. The Hall–Kier alpha value is -0.120. The molecule has 0 aromatic heterocycles. The summed E-state index contributed by atoms with van der Waals surface area (Å²) in [5.74, 6) is 1.06. The van der Waals surface area contributed by atoms with Crippen molar-refractivity contribution < 1.29 is 14.2 Å². The fourth-order valence-corrected chi connectivity index (χ4v) is 1.44. The Labute approximate surface area is 67.6 Å². The first kappa shape index (κ1) is 8.97. The minimum absolute atomic E-state index is 0.528. The Morgan fingerprint density at radius 1 is 1.09 bits per heavy atom. The van der Waals surface area contributed by atoms with E-state index in [9.17, 15) is 0 Å². The Balaban J connectivity index is 2.25. The maximum atomic E-state index is 5.31. The molecule has 1 aliphatic heterocycles. The van der Waals surface area contributed by atoms with Gasteiger partial charge in [0.25, 0.3) is 0 Å². The maximum absolute atomic E-state index is 5.31. The van der Waals surface area contributed by atoms with E-state index in [-0.39, 0.29) is 0 Å². The highest BCUT2D eigenvalue weighted by atomic mass is 16.5. The average molecular weight is 160 g/mol. The van der Waals surface area contributed by atoms with Crippen LogP contribution in [0.15, 0.2) is 0 Å². The quantitative estimate of drug-likeness (QED) is 0.601. The van der Waals surface area contributed by atoms with E-state index >= 15 is 0 Å². The number of rotatable bonds is 4. The highest BCUT2D eigenvalue weighted by Gasteiger charge is 2.27. The molecule has 3 heteroatoms. The molecule has 0 aromatic rings. The van der Waals surface area contributed by atoms with Gasteiger partial charge in [0.15, 0.2) is 0 Å². The summed E-state index contributed by atoms with van der Waals surface area (Å²) in [4.78, 5) is 0. The van der Waals surface area contributed by atoms with E-state index in [0.717, 1.165) is 26.4 Å². The lowest BCUT2D eigenvalue weighted by Gasteiger charge is -2.14. The van der Waals surface area contributed by atoms with Gasteiger partial charge in [0.2, 0.25) is 0 Å². The molecule has 3 nitrogen and oxygen atoms in total. The molecule has 1 fully saturated rings. The van der Waals surface area contributed by atoms with E-state index in [1.807, 2.05) is 0 Å². The molecule has 1 aliphatic rings. The van der Waals surface area contributed by atoms with Crippen molar-refractivity contribution in [3.63, 3.8) is 0 Å². The molecule has 2 atom stereocenters. The van der Waals surface area contributed by atoms with Crippen LogP contribution in [0, 0.1) is 11.8 Å². The molecule has 0 aliphatic carbocycles. The molecule has 1 heterocycles. The zero-order valence-electron chi connectivity index (χ0n) is 7.21. The van der Waals surface area contributed by atoms with E-state index in [1.165, 1.54) is 0 Å². The molecule has 66 valence electrons. The van der Waals surface area contributed by atoms with Crippen molar-refractivity contribution in [2.45, 2.75) is 0 Å². The zero-order chi connectivity index (χ0) is 8.10. The normalized spacial score (nSPS) is 31.1. The standard InChI is InChI=1S/C8H16O3/c1-9-3-7-5-11-6-8(7)4-10-2/h7-8H,3-6H2,1-2H3/t7-,8-/m0/s1. The summed E-state index contributed by atoms with van der Waals surface area (Å²) in [5.41, 5.74) is 0. The highest BCUT2D eigenvalue weighted by Crippen LogP contribution is 2.20. The molecule has 11 heavy (non-hydrogen) atoms. The monoisotopic (exact) mass is 160 g/mol. The summed E-state index contributed by atoms with van der Waals surface area (Å²) in [5, 5.41) is 0. The topological polar surface area (TPSA) is 27.7 Å². The largest absolute Gasteiger partial charge is 0.384 e. The van der Waals surface area contributed by atoms with Crippen molar-refractivity contribution in [3.8, 4) is 0 Å². The van der Waals surface area contributed by atoms with E-state index in [1.54, 1.807) is 14.2 Å². The van der Waals surface area contributed by atoms with Crippen molar-refractivity contribution >= 4 is 0 Å². The third kappa shape index (κ3) is 2.43. The van der Waals surface area contributed by atoms with Crippen molar-refractivity contribution in [1.29, 1.82) is 0 Å². The van der Waals surface area contributed by atoms with Crippen LogP contribution in [0.3, 0.4) is 0 Å². The molecule has 0 aromatic carbocycles. The van der Waals surface area contributed by atoms with Gasteiger partial charge in [0.05, 0.1) is 26.4 Å². The smallest absolute Gasteiger partial charge is 0.0520 e. The van der Waals surface area contributed by atoms with Gasteiger partial charge in [-0.3, -0.25) is 0 Å². The number of hydrogen-bond donors (Lipinski definition) is 0.